The molecule has 28 heavy (non-hydrogen) atoms. The summed E-state index contributed by atoms with van der Waals surface area (Å²) in [7, 11) is 0. The second kappa shape index (κ2) is 7.78. The van der Waals surface area contributed by atoms with Crippen LogP contribution in [0, 0.1) is 10.1 Å². The third-order valence-corrected chi connectivity index (χ3v) is 3.97. The molecule has 0 spiro atoms. The van der Waals surface area contributed by atoms with Crippen molar-refractivity contribution >= 4 is 34.3 Å². The Morgan fingerprint density at radius 2 is 1.89 bits per heavy atom. The third-order valence-electron chi connectivity index (χ3n) is 3.97. The number of nitro groups is 1. The Morgan fingerprint density at radius 1 is 1.14 bits per heavy atom. The Labute approximate surface area is 158 Å². The number of carbonyl (C=O) groups excluding carboxylic acids is 2. The van der Waals surface area contributed by atoms with E-state index in [-0.39, 0.29) is 30.2 Å². The number of hydrogen-bond acceptors (Lipinski definition) is 8. The van der Waals surface area contributed by atoms with Gasteiger partial charge in [0.05, 0.1) is 22.7 Å². The molecule has 0 amide bonds. The molecule has 3 rings (SSSR count). The zero-order valence-electron chi connectivity index (χ0n) is 14.8. The number of furan rings is 1. The Bertz CT molecular complexity index is 1070. The van der Waals surface area contributed by atoms with E-state index < -0.39 is 22.5 Å². The van der Waals surface area contributed by atoms with Gasteiger partial charge in [-0.05, 0) is 25.1 Å². The molecule has 2 aromatic carbocycles. The van der Waals surface area contributed by atoms with Gasteiger partial charge in [0.15, 0.2) is 0 Å². The molecule has 0 atom stereocenters. The molecule has 2 N–H and O–H groups in total. The number of esters is 2. The van der Waals surface area contributed by atoms with Crippen LogP contribution in [0.3, 0.4) is 0 Å². The van der Waals surface area contributed by atoms with Crippen molar-refractivity contribution in [1.82, 2.24) is 0 Å². The number of nitrogens with two attached hydrogens (primary N) is 1. The lowest BCUT2D eigenvalue weighted by atomic mass is 10.1. The highest BCUT2D eigenvalue weighted by Gasteiger charge is 2.23. The van der Waals surface area contributed by atoms with Crippen LogP contribution >= 0.6 is 0 Å². The van der Waals surface area contributed by atoms with Crippen LogP contribution in [-0.4, -0.2) is 23.5 Å². The van der Waals surface area contributed by atoms with E-state index in [1.165, 1.54) is 12.1 Å². The van der Waals surface area contributed by atoms with Crippen LogP contribution in [0.2, 0.25) is 0 Å². The number of fused-ring (bicyclic) bond motifs is 1. The number of hydrogen-bond donors (Lipinski definition) is 1. The van der Waals surface area contributed by atoms with Gasteiger partial charge in [0.25, 0.3) is 5.69 Å². The number of carbonyl (C=O) groups is 2. The molecular formula is C19H16N2O7. The van der Waals surface area contributed by atoms with Gasteiger partial charge in [-0.3, -0.25) is 10.1 Å². The van der Waals surface area contributed by atoms with E-state index in [4.69, 9.17) is 19.6 Å². The second-order valence-corrected chi connectivity index (χ2v) is 5.73. The Morgan fingerprint density at radius 3 is 2.61 bits per heavy atom. The van der Waals surface area contributed by atoms with Crippen LogP contribution in [0.15, 0.2) is 46.9 Å². The maximum absolute atomic E-state index is 12.3. The number of para-hydroxylation sites is 1. The topological polar surface area (TPSA) is 135 Å². The van der Waals surface area contributed by atoms with E-state index in [0.717, 1.165) is 6.07 Å². The van der Waals surface area contributed by atoms with E-state index in [1.807, 2.05) is 0 Å². The number of nitro benzene ring substituents is 1. The van der Waals surface area contributed by atoms with Crippen molar-refractivity contribution in [3.05, 3.63) is 69.5 Å². The second-order valence-electron chi connectivity index (χ2n) is 5.73. The van der Waals surface area contributed by atoms with Crippen LogP contribution in [0.25, 0.3) is 11.0 Å². The lowest BCUT2D eigenvalue weighted by molar-refractivity contribution is -0.383. The molecule has 9 heteroatoms. The van der Waals surface area contributed by atoms with Gasteiger partial charge in [-0.1, -0.05) is 18.2 Å². The first-order chi connectivity index (χ1) is 13.4. The molecule has 144 valence electrons. The van der Waals surface area contributed by atoms with Gasteiger partial charge >= 0.3 is 11.9 Å². The quantitative estimate of drug-likeness (QED) is 0.295. The number of nitrogens with zero attached hydrogens (tertiary/aromatic N) is 1. The normalized spacial score (nSPS) is 10.6. The standard InChI is InChI=1S/C19H16N2O7/c1-2-26-19(23)17-13(12-5-3-4-6-16(12)28-17)10-27-18(22)11-7-8-14(20)15(9-11)21(24)25/h3-9H,2,10,20H2,1H3. The molecule has 0 aliphatic rings. The largest absolute Gasteiger partial charge is 0.460 e. The number of nitrogen functional groups attached to an aromatic ring is 1. The summed E-state index contributed by atoms with van der Waals surface area (Å²) < 4.78 is 15.8. The van der Waals surface area contributed by atoms with Crippen LogP contribution in [0.1, 0.15) is 33.4 Å². The first-order valence-electron chi connectivity index (χ1n) is 8.31. The van der Waals surface area contributed by atoms with Crippen LogP contribution in [0.5, 0.6) is 0 Å². The lowest BCUT2D eigenvalue weighted by Crippen LogP contribution is -2.10. The van der Waals surface area contributed by atoms with Gasteiger partial charge in [-0.2, -0.15) is 0 Å². The Hall–Kier alpha value is -3.88. The molecule has 0 aliphatic heterocycles. The molecular weight excluding hydrogens is 368 g/mol. The molecule has 0 aliphatic carbocycles. The van der Waals surface area contributed by atoms with Gasteiger partial charge in [0.1, 0.15) is 17.9 Å². The number of rotatable bonds is 6. The predicted octanol–water partition coefficient (Wildman–Crippen LogP) is 3.46. The molecule has 1 heterocycles. The van der Waals surface area contributed by atoms with Crippen molar-refractivity contribution in [3.8, 4) is 0 Å². The fourth-order valence-corrected chi connectivity index (χ4v) is 2.65. The fourth-order valence-electron chi connectivity index (χ4n) is 2.65. The first-order valence-corrected chi connectivity index (χ1v) is 8.31. The van der Waals surface area contributed by atoms with E-state index >= 15 is 0 Å². The minimum atomic E-state index is -0.803. The van der Waals surface area contributed by atoms with Gasteiger partial charge in [-0.15, -0.1) is 0 Å². The smallest absolute Gasteiger partial charge is 0.374 e. The van der Waals surface area contributed by atoms with Crippen molar-refractivity contribution in [2.45, 2.75) is 13.5 Å². The van der Waals surface area contributed by atoms with Crippen molar-refractivity contribution in [2.24, 2.45) is 0 Å². The summed E-state index contributed by atoms with van der Waals surface area (Å²) in [6.07, 6.45) is 0. The SMILES string of the molecule is CCOC(=O)c1oc2ccccc2c1COC(=O)c1ccc(N)c([N+](=O)[O-])c1. The van der Waals surface area contributed by atoms with Gasteiger partial charge in [-0.25, -0.2) is 9.59 Å². The Kier molecular flexibility index (Phi) is 5.25. The minimum Gasteiger partial charge on any atom is -0.460 e. The molecule has 0 saturated carbocycles. The van der Waals surface area contributed by atoms with Crippen LogP contribution in [-0.2, 0) is 16.1 Å². The summed E-state index contributed by atoms with van der Waals surface area (Å²) >= 11 is 0. The molecule has 0 bridgehead atoms. The highest BCUT2D eigenvalue weighted by Crippen LogP contribution is 2.28. The predicted molar refractivity (Wildman–Crippen MR) is 98.8 cm³/mol. The molecule has 0 saturated heterocycles. The number of benzene rings is 2. The maximum atomic E-state index is 12.3. The highest BCUT2D eigenvalue weighted by molar-refractivity contribution is 5.96. The minimum absolute atomic E-state index is 0.0358. The Balaban J connectivity index is 1.88. The zero-order chi connectivity index (χ0) is 20.3. The number of ether oxygens (including phenoxy) is 2. The zero-order valence-corrected chi connectivity index (χ0v) is 14.8. The maximum Gasteiger partial charge on any atom is 0.374 e. The average molecular weight is 384 g/mol. The highest BCUT2D eigenvalue weighted by atomic mass is 16.6. The summed E-state index contributed by atoms with van der Waals surface area (Å²) in [6, 6.07) is 10.5. The van der Waals surface area contributed by atoms with Crippen LogP contribution in [0.4, 0.5) is 11.4 Å². The molecule has 0 radical (unpaired) electrons. The summed E-state index contributed by atoms with van der Waals surface area (Å²) in [4.78, 5) is 34.8. The number of anilines is 1. The van der Waals surface area contributed by atoms with Gasteiger partial charge in [0.2, 0.25) is 5.76 Å². The summed E-state index contributed by atoms with van der Waals surface area (Å²) in [5.74, 6) is -1.53. The van der Waals surface area contributed by atoms with E-state index in [1.54, 1.807) is 31.2 Å². The molecule has 3 aromatic rings. The first kappa shape index (κ1) is 18.9. The van der Waals surface area contributed by atoms with Gasteiger partial charge in [0, 0.05) is 11.5 Å². The van der Waals surface area contributed by atoms with Crippen molar-refractivity contribution in [2.75, 3.05) is 12.3 Å². The third kappa shape index (κ3) is 3.63. The molecule has 1 aromatic heterocycles. The summed E-state index contributed by atoms with van der Waals surface area (Å²) in [5.41, 5.74) is 5.83. The van der Waals surface area contributed by atoms with E-state index in [2.05, 4.69) is 0 Å². The summed E-state index contributed by atoms with van der Waals surface area (Å²) in [5, 5.41) is 11.6. The summed E-state index contributed by atoms with van der Waals surface area (Å²) in [6.45, 7) is 1.54. The van der Waals surface area contributed by atoms with Gasteiger partial charge < -0.3 is 19.6 Å². The monoisotopic (exact) mass is 384 g/mol. The molecule has 0 fully saturated rings. The lowest BCUT2D eigenvalue weighted by Gasteiger charge is -2.06. The fraction of sp³-hybridized carbons (Fsp3) is 0.158. The average Bonchev–Trinajstić information content (AvgIpc) is 3.05. The van der Waals surface area contributed by atoms with Crippen LogP contribution < -0.4 is 5.73 Å². The molecule has 0 unspecified atom stereocenters. The van der Waals surface area contributed by atoms with E-state index in [0.29, 0.717) is 16.5 Å². The van der Waals surface area contributed by atoms with Crippen molar-refractivity contribution < 1.29 is 28.4 Å². The van der Waals surface area contributed by atoms with Crippen molar-refractivity contribution in [1.29, 1.82) is 0 Å². The van der Waals surface area contributed by atoms with Crippen molar-refractivity contribution in [3.63, 3.8) is 0 Å². The molecule has 9 nitrogen and oxygen atoms in total. The van der Waals surface area contributed by atoms with E-state index in [9.17, 15) is 19.7 Å².